The van der Waals surface area contributed by atoms with Gasteiger partial charge in [0.25, 0.3) is 0 Å². The summed E-state index contributed by atoms with van der Waals surface area (Å²) in [6.45, 7) is 5.30. The normalized spacial score (nSPS) is 18.2. The van der Waals surface area contributed by atoms with Gasteiger partial charge >= 0.3 is 5.97 Å². The van der Waals surface area contributed by atoms with Crippen LogP contribution < -0.4 is 14.9 Å². The van der Waals surface area contributed by atoms with Crippen molar-refractivity contribution in [1.29, 1.82) is 0 Å². The van der Waals surface area contributed by atoms with Crippen LogP contribution in [-0.2, 0) is 11.2 Å². The fourth-order valence-corrected chi connectivity index (χ4v) is 3.80. The zero-order chi connectivity index (χ0) is 20.0. The van der Waals surface area contributed by atoms with E-state index in [0.717, 1.165) is 11.1 Å². The molecule has 2 aliphatic heterocycles. The van der Waals surface area contributed by atoms with Crippen molar-refractivity contribution in [3.05, 3.63) is 45.7 Å². The maximum atomic E-state index is 12.4. The predicted molar refractivity (Wildman–Crippen MR) is 102 cm³/mol. The van der Waals surface area contributed by atoms with Gasteiger partial charge in [0.05, 0.1) is 26.0 Å². The van der Waals surface area contributed by atoms with Gasteiger partial charge in [-0.1, -0.05) is 13.8 Å². The lowest BCUT2D eigenvalue weighted by Gasteiger charge is -2.34. The molecule has 1 aromatic carbocycles. The number of hydrogen-bond acceptors (Lipinski definition) is 5. The van der Waals surface area contributed by atoms with Crippen LogP contribution in [0.15, 0.2) is 29.2 Å². The molecule has 7 heteroatoms. The van der Waals surface area contributed by atoms with Gasteiger partial charge in [0, 0.05) is 23.9 Å². The second-order valence-electron chi connectivity index (χ2n) is 7.60. The molecule has 0 aliphatic carbocycles. The van der Waals surface area contributed by atoms with Gasteiger partial charge in [-0.05, 0) is 30.0 Å². The average Bonchev–Trinajstić information content (AvgIpc) is 2.62. The Morgan fingerprint density at radius 2 is 2.00 bits per heavy atom. The molecule has 1 atom stereocenters. The van der Waals surface area contributed by atoms with Crippen LogP contribution >= 0.6 is 0 Å². The smallest absolute Gasteiger partial charge is 0.341 e. The minimum absolute atomic E-state index is 0.0180. The molecule has 1 fully saturated rings. The average molecular weight is 385 g/mol. The summed E-state index contributed by atoms with van der Waals surface area (Å²) in [7, 11) is 1.58. The van der Waals surface area contributed by atoms with Gasteiger partial charge in [-0.3, -0.25) is 4.79 Å². The van der Waals surface area contributed by atoms with E-state index in [1.165, 1.54) is 12.3 Å². The molecule has 28 heavy (non-hydrogen) atoms. The Morgan fingerprint density at radius 1 is 1.25 bits per heavy atom. The number of aromatic nitrogens is 1. The molecule has 3 heterocycles. The third-order valence-corrected chi connectivity index (χ3v) is 5.43. The number of hydrogen-bond donors (Lipinski definition) is 1. The van der Waals surface area contributed by atoms with E-state index in [9.17, 15) is 14.7 Å². The maximum Gasteiger partial charge on any atom is 0.341 e. The van der Waals surface area contributed by atoms with E-state index in [0.29, 0.717) is 36.8 Å². The van der Waals surface area contributed by atoms with Crippen LogP contribution in [0.5, 0.6) is 11.5 Å². The Balaban J connectivity index is 1.88. The minimum atomic E-state index is -1.21. The van der Waals surface area contributed by atoms with Gasteiger partial charge in [-0.15, -0.1) is 0 Å². The SMILES string of the molecule is COc1cc2c(cc1OC1COC1)CC(C(C)C)n1cc(C(=O)O)c(=O)cc1-2. The fraction of sp³-hybridized carbons (Fsp3) is 0.429. The zero-order valence-corrected chi connectivity index (χ0v) is 16.1. The van der Waals surface area contributed by atoms with Crippen LogP contribution in [0.1, 0.15) is 35.8 Å². The van der Waals surface area contributed by atoms with E-state index in [-0.39, 0.29) is 23.6 Å². The van der Waals surface area contributed by atoms with E-state index >= 15 is 0 Å². The van der Waals surface area contributed by atoms with E-state index in [4.69, 9.17) is 14.2 Å². The fourth-order valence-electron chi connectivity index (χ4n) is 3.80. The van der Waals surface area contributed by atoms with Crippen LogP contribution in [0, 0.1) is 5.92 Å². The monoisotopic (exact) mass is 385 g/mol. The Morgan fingerprint density at radius 3 is 2.57 bits per heavy atom. The van der Waals surface area contributed by atoms with Crippen molar-refractivity contribution in [3.8, 4) is 22.8 Å². The van der Waals surface area contributed by atoms with Crippen LogP contribution in [0.2, 0.25) is 0 Å². The highest BCUT2D eigenvalue weighted by Gasteiger charge is 2.30. The van der Waals surface area contributed by atoms with E-state index in [2.05, 4.69) is 13.8 Å². The first-order chi connectivity index (χ1) is 13.4. The lowest BCUT2D eigenvalue weighted by Crippen LogP contribution is -2.38. The van der Waals surface area contributed by atoms with E-state index < -0.39 is 11.4 Å². The predicted octanol–water partition coefficient (Wildman–Crippen LogP) is 2.75. The Kier molecular flexibility index (Phi) is 4.63. The second kappa shape index (κ2) is 6.98. The first kappa shape index (κ1) is 18.6. The van der Waals surface area contributed by atoms with Crippen molar-refractivity contribution in [3.63, 3.8) is 0 Å². The molecule has 0 radical (unpaired) electrons. The number of carbonyl (C=O) groups is 1. The third kappa shape index (κ3) is 3.05. The number of carboxylic acids is 1. The number of carboxylic acid groups (broad SMARTS) is 1. The molecule has 0 amide bonds. The molecule has 0 bridgehead atoms. The summed E-state index contributed by atoms with van der Waals surface area (Å²) in [5.74, 6) is 0.283. The number of fused-ring (bicyclic) bond motifs is 3. The topological polar surface area (TPSA) is 87.0 Å². The molecule has 7 nitrogen and oxygen atoms in total. The van der Waals surface area contributed by atoms with Crippen LogP contribution in [-0.4, -0.2) is 42.1 Å². The summed E-state index contributed by atoms with van der Waals surface area (Å²) in [6.07, 6.45) is 2.20. The minimum Gasteiger partial charge on any atom is -0.493 e. The quantitative estimate of drug-likeness (QED) is 0.852. The highest BCUT2D eigenvalue weighted by Crippen LogP contribution is 2.43. The Hall–Kier alpha value is -2.80. The summed E-state index contributed by atoms with van der Waals surface area (Å²) < 4.78 is 18.6. The first-order valence-corrected chi connectivity index (χ1v) is 9.34. The van der Waals surface area contributed by atoms with Gasteiger partial charge in [0.2, 0.25) is 0 Å². The van der Waals surface area contributed by atoms with Crippen molar-refractivity contribution >= 4 is 5.97 Å². The summed E-state index contributed by atoms with van der Waals surface area (Å²) in [5, 5.41) is 9.36. The van der Waals surface area contributed by atoms with Crippen molar-refractivity contribution in [2.75, 3.05) is 20.3 Å². The molecule has 1 unspecified atom stereocenters. The molecule has 2 aromatic rings. The highest BCUT2D eigenvalue weighted by molar-refractivity contribution is 5.87. The molecule has 4 rings (SSSR count). The molecule has 1 aromatic heterocycles. The highest BCUT2D eigenvalue weighted by atomic mass is 16.6. The van der Waals surface area contributed by atoms with Gasteiger partial charge in [0.1, 0.15) is 11.7 Å². The zero-order valence-electron chi connectivity index (χ0n) is 16.1. The van der Waals surface area contributed by atoms with Crippen LogP contribution in [0.3, 0.4) is 0 Å². The van der Waals surface area contributed by atoms with Gasteiger partial charge in [0.15, 0.2) is 16.9 Å². The number of benzene rings is 1. The molecule has 0 spiro atoms. The first-order valence-electron chi connectivity index (χ1n) is 9.34. The number of nitrogens with zero attached hydrogens (tertiary/aromatic N) is 1. The molecule has 148 valence electrons. The number of ether oxygens (including phenoxy) is 3. The molecule has 2 aliphatic rings. The lowest BCUT2D eigenvalue weighted by atomic mass is 9.87. The van der Waals surface area contributed by atoms with Gasteiger partial charge in [-0.2, -0.15) is 0 Å². The summed E-state index contributed by atoms with van der Waals surface area (Å²) in [4.78, 5) is 23.8. The number of rotatable bonds is 5. The van der Waals surface area contributed by atoms with E-state index in [1.807, 2.05) is 16.7 Å². The van der Waals surface area contributed by atoms with Crippen molar-refractivity contribution < 1.29 is 24.1 Å². The summed E-state index contributed by atoms with van der Waals surface area (Å²) >= 11 is 0. The number of methoxy groups -OCH3 is 1. The summed E-state index contributed by atoms with van der Waals surface area (Å²) in [6, 6.07) is 5.29. The molecule has 0 saturated carbocycles. The molecule has 1 N–H and O–H groups in total. The second-order valence-corrected chi connectivity index (χ2v) is 7.60. The standard InChI is InChI=1S/C21H23NO6/c1-11(2)16-4-12-5-20(28-13-9-27-10-13)19(26-3)6-14(12)17-7-18(23)15(21(24)25)8-22(16)17/h5-8,11,13,16H,4,9-10H2,1-3H3,(H,24,25). The lowest BCUT2D eigenvalue weighted by molar-refractivity contribution is -0.0803. The molecular formula is C21H23NO6. The van der Waals surface area contributed by atoms with E-state index in [1.54, 1.807) is 7.11 Å². The van der Waals surface area contributed by atoms with Crippen molar-refractivity contribution in [1.82, 2.24) is 4.57 Å². The van der Waals surface area contributed by atoms with Crippen LogP contribution in [0.4, 0.5) is 0 Å². The van der Waals surface area contributed by atoms with Gasteiger partial charge in [-0.25, -0.2) is 4.79 Å². The number of aromatic carboxylic acids is 1. The number of pyridine rings is 1. The largest absolute Gasteiger partial charge is 0.493 e. The van der Waals surface area contributed by atoms with Crippen molar-refractivity contribution in [2.24, 2.45) is 5.92 Å². The van der Waals surface area contributed by atoms with Crippen molar-refractivity contribution in [2.45, 2.75) is 32.4 Å². The summed E-state index contributed by atoms with van der Waals surface area (Å²) in [5.41, 5.74) is 1.90. The van der Waals surface area contributed by atoms with Crippen LogP contribution in [0.25, 0.3) is 11.3 Å². The maximum absolute atomic E-state index is 12.4. The van der Waals surface area contributed by atoms with Gasteiger partial charge < -0.3 is 23.9 Å². The Labute approximate surface area is 162 Å². The third-order valence-electron chi connectivity index (χ3n) is 5.43. The Bertz CT molecular complexity index is 989. The molecule has 1 saturated heterocycles. The molecular weight excluding hydrogens is 362 g/mol.